The van der Waals surface area contributed by atoms with E-state index in [1.54, 1.807) is 23.9 Å². The zero-order valence-electron chi connectivity index (χ0n) is 16.4. The molecule has 0 saturated heterocycles. The summed E-state index contributed by atoms with van der Waals surface area (Å²) < 4.78 is 5.59. The lowest BCUT2D eigenvalue weighted by Crippen LogP contribution is -2.74. The average molecular weight is 420 g/mol. The standard InChI is InChI=1S/C23H22N4O2S/c28-22-13-20-23(29-12-11-24-20)14-19(22)27-25-16-30-15-21(17-7-3-1-4-8-17)26-18-9-5-2-6-10-18/h1-10,13-15,24,26,28H,11-12,16H2/p+1/b21-15-,27-25?. The topological polar surface area (TPSA) is 82.8 Å². The molecule has 0 saturated carbocycles. The SMILES string of the molecule is Oc1cc2c(cc1N=NCS/C=C(\[NH2+]c1ccccc1)c1ccccc1)OCCN2. The fourth-order valence-electron chi connectivity index (χ4n) is 3.05. The summed E-state index contributed by atoms with van der Waals surface area (Å²) in [5, 5.41) is 26.0. The highest BCUT2D eigenvalue weighted by molar-refractivity contribution is 8.02. The molecular weight excluding hydrogens is 396 g/mol. The molecule has 6 nitrogen and oxygen atoms in total. The van der Waals surface area contributed by atoms with Crippen LogP contribution in [0.2, 0.25) is 0 Å². The minimum Gasteiger partial charge on any atom is -0.506 e. The molecule has 1 aliphatic rings. The van der Waals surface area contributed by atoms with Crippen molar-refractivity contribution in [3.63, 3.8) is 0 Å². The molecule has 1 heterocycles. The lowest BCUT2D eigenvalue weighted by atomic mass is 10.1. The van der Waals surface area contributed by atoms with E-state index in [0.717, 1.165) is 29.2 Å². The van der Waals surface area contributed by atoms with Gasteiger partial charge in [-0.2, -0.15) is 10.2 Å². The highest BCUT2D eigenvalue weighted by Gasteiger charge is 2.13. The monoisotopic (exact) mass is 419 g/mol. The number of azo groups is 1. The molecule has 0 fully saturated rings. The zero-order chi connectivity index (χ0) is 20.6. The highest BCUT2D eigenvalue weighted by atomic mass is 32.2. The van der Waals surface area contributed by atoms with Crippen LogP contribution in [0.1, 0.15) is 5.56 Å². The number of anilines is 1. The molecule has 7 heteroatoms. The third-order valence-corrected chi connectivity index (χ3v) is 5.19. The Bertz CT molecular complexity index is 1040. The Morgan fingerprint density at radius 1 is 1.10 bits per heavy atom. The number of nitrogens with two attached hydrogens (primary N) is 1. The summed E-state index contributed by atoms with van der Waals surface area (Å²) >= 11 is 1.55. The van der Waals surface area contributed by atoms with E-state index in [-0.39, 0.29) is 5.75 Å². The van der Waals surface area contributed by atoms with Gasteiger partial charge in [0, 0.05) is 29.6 Å². The molecule has 30 heavy (non-hydrogen) atoms. The van der Waals surface area contributed by atoms with Gasteiger partial charge in [-0.25, -0.2) is 0 Å². The predicted octanol–water partition coefficient (Wildman–Crippen LogP) is 4.86. The van der Waals surface area contributed by atoms with E-state index >= 15 is 0 Å². The number of hydrogen-bond donors (Lipinski definition) is 3. The Hall–Kier alpha value is -3.29. The number of nitrogens with one attached hydrogen (secondary N) is 1. The number of benzene rings is 3. The summed E-state index contributed by atoms with van der Waals surface area (Å²) in [6.45, 7) is 1.31. The van der Waals surface area contributed by atoms with Gasteiger partial charge in [0.15, 0.2) is 0 Å². The van der Waals surface area contributed by atoms with Gasteiger partial charge in [0.2, 0.25) is 0 Å². The van der Waals surface area contributed by atoms with Gasteiger partial charge >= 0.3 is 0 Å². The van der Waals surface area contributed by atoms with Crippen LogP contribution >= 0.6 is 11.8 Å². The Morgan fingerprint density at radius 3 is 2.67 bits per heavy atom. The Kier molecular flexibility index (Phi) is 6.64. The first-order chi connectivity index (χ1) is 14.8. The van der Waals surface area contributed by atoms with Gasteiger partial charge in [0.25, 0.3) is 0 Å². The number of fused-ring (bicyclic) bond motifs is 1. The predicted molar refractivity (Wildman–Crippen MR) is 122 cm³/mol. The van der Waals surface area contributed by atoms with E-state index < -0.39 is 0 Å². The molecule has 0 aliphatic carbocycles. The molecule has 0 spiro atoms. The van der Waals surface area contributed by atoms with E-state index in [9.17, 15) is 5.11 Å². The van der Waals surface area contributed by atoms with Crippen molar-refractivity contribution in [1.29, 1.82) is 0 Å². The van der Waals surface area contributed by atoms with Gasteiger partial charge < -0.3 is 15.2 Å². The molecule has 4 rings (SSSR count). The van der Waals surface area contributed by atoms with Crippen LogP contribution in [0, 0.1) is 0 Å². The number of ether oxygens (including phenoxy) is 1. The molecule has 0 unspecified atom stereocenters. The first kappa shape index (κ1) is 20.0. The second-order valence-electron chi connectivity index (χ2n) is 6.64. The first-order valence-corrected chi connectivity index (χ1v) is 10.7. The molecule has 1 aliphatic heterocycles. The second kappa shape index (κ2) is 9.96. The van der Waals surface area contributed by atoms with Crippen molar-refractivity contribution in [1.82, 2.24) is 0 Å². The van der Waals surface area contributed by atoms with Crippen LogP contribution in [-0.2, 0) is 0 Å². The maximum atomic E-state index is 10.2. The van der Waals surface area contributed by atoms with Crippen molar-refractivity contribution < 1.29 is 15.2 Å². The van der Waals surface area contributed by atoms with Crippen molar-refractivity contribution >= 4 is 34.5 Å². The van der Waals surface area contributed by atoms with Crippen molar-refractivity contribution in [3.05, 3.63) is 83.8 Å². The molecule has 0 radical (unpaired) electrons. The number of rotatable bonds is 7. The van der Waals surface area contributed by atoms with Crippen LogP contribution in [0.4, 0.5) is 17.1 Å². The number of nitrogens with zero attached hydrogens (tertiary/aromatic N) is 2. The van der Waals surface area contributed by atoms with Crippen molar-refractivity contribution in [3.8, 4) is 11.5 Å². The van der Waals surface area contributed by atoms with E-state index in [1.165, 1.54) is 0 Å². The third-order valence-electron chi connectivity index (χ3n) is 4.50. The number of thioether (sulfide) groups is 1. The zero-order valence-corrected chi connectivity index (χ0v) is 17.2. The normalized spacial score (nSPS) is 13.5. The van der Waals surface area contributed by atoms with Gasteiger partial charge in [-0.1, -0.05) is 36.4 Å². The number of quaternary nitrogens is 1. The van der Waals surface area contributed by atoms with E-state index in [1.807, 2.05) is 36.4 Å². The third kappa shape index (κ3) is 5.20. The molecule has 3 aromatic carbocycles. The quantitative estimate of drug-likeness (QED) is 0.290. The maximum absolute atomic E-state index is 10.2. The fraction of sp³-hybridized carbons (Fsp3) is 0.130. The molecule has 0 amide bonds. The Balaban J connectivity index is 1.43. The minimum absolute atomic E-state index is 0.0819. The summed E-state index contributed by atoms with van der Waals surface area (Å²) in [4.78, 5) is 0. The molecule has 152 valence electrons. The van der Waals surface area contributed by atoms with Gasteiger partial charge in [-0.3, -0.25) is 5.32 Å². The first-order valence-electron chi connectivity index (χ1n) is 9.68. The van der Waals surface area contributed by atoms with E-state index in [0.29, 0.717) is 23.9 Å². The Labute approximate surface area is 179 Å². The van der Waals surface area contributed by atoms with E-state index in [4.69, 9.17) is 4.74 Å². The number of phenols is 1. The van der Waals surface area contributed by atoms with Gasteiger partial charge in [0.05, 0.1) is 5.69 Å². The summed E-state index contributed by atoms with van der Waals surface area (Å²) in [5.74, 6) is 1.21. The van der Waals surface area contributed by atoms with Crippen molar-refractivity contribution in [2.24, 2.45) is 10.2 Å². The number of hydrogen-bond acceptors (Lipinski definition) is 6. The van der Waals surface area contributed by atoms with Crippen molar-refractivity contribution in [2.75, 3.05) is 24.3 Å². The summed E-state index contributed by atoms with van der Waals surface area (Å²) in [7, 11) is 0. The van der Waals surface area contributed by atoms with Crippen LogP contribution in [0.5, 0.6) is 11.5 Å². The average Bonchev–Trinajstić information content (AvgIpc) is 2.79. The smallest absolute Gasteiger partial charge is 0.148 e. The van der Waals surface area contributed by atoms with Crippen LogP contribution < -0.4 is 15.4 Å². The van der Waals surface area contributed by atoms with Crippen LogP contribution in [0.25, 0.3) is 5.70 Å². The van der Waals surface area contributed by atoms with E-state index in [2.05, 4.69) is 50.5 Å². The minimum atomic E-state index is 0.0819. The molecule has 3 aromatic rings. The number of phenolic OH excluding ortho intramolecular Hbond substituents is 1. The largest absolute Gasteiger partial charge is 0.506 e. The molecule has 0 aromatic heterocycles. The van der Waals surface area contributed by atoms with Crippen LogP contribution in [0.15, 0.2) is 88.4 Å². The molecular formula is C23H23N4O2S+. The maximum Gasteiger partial charge on any atom is 0.148 e. The molecule has 0 bridgehead atoms. The highest BCUT2D eigenvalue weighted by Crippen LogP contribution is 2.38. The summed E-state index contributed by atoms with van der Waals surface area (Å²) in [6.07, 6.45) is 0. The van der Waals surface area contributed by atoms with Gasteiger partial charge in [-0.05, 0) is 24.3 Å². The van der Waals surface area contributed by atoms with Gasteiger partial charge in [-0.15, -0.1) is 11.8 Å². The van der Waals surface area contributed by atoms with Crippen molar-refractivity contribution in [2.45, 2.75) is 0 Å². The molecule has 4 N–H and O–H groups in total. The number of aromatic hydroxyl groups is 1. The summed E-state index contributed by atoms with van der Waals surface area (Å²) in [6, 6.07) is 23.8. The second-order valence-corrected chi connectivity index (χ2v) is 7.47. The van der Waals surface area contributed by atoms with Gasteiger partial charge in [0.1, 0.15) is 41.1 Å². The lowest BCUT2D eigenvalue weighted by molar-refractivity contribution is -0.469. The fourth-order valence-corrected chi connectivity index (χ4v) is 3.63. The van der Waals surface area contributed by atoms with Crippen LogP contribution in [-0.4, -0.2) is 24.1 Å². The molecule has 0 atom stereocenters. The number of para-hydroxylation sites is 1. The Morgan fingerprint density at radius 2 is 1.87 bits per heavy atom. The van der Waals surface area contributed by atoms with Crippen LogP contribution in [0.3, 0.4) is 0 Å². The lowest BCUT2D eigenvalue weighted by Gasteiger charge is -2.19. The summed E-state index contributed by atoms with van der Waals surface area (Å²) in [5.41, 5.74) is 4.57.